The van der Waals surface area contributed by atoms with E-state index in [-0.39, 0.29) is 18.4 Å². The Labute approximate surface area is 210 Å². The lowest BCUT2D eigenvalue weighted by Crippen LogP contribution is -2.28. The van der Waals surface area contributed by atoms with Gasteiger partial charge in [-0.1, -0.05) is 58.1 Å². The molecule has 0 bridgehead atoms. The normalized spacial score (nSPS) is 15.1. The molecule has 0 atom stereocenters. The highest BCUT2D eigenvalue weighted by Gasteiger charge is 2.33. The molecular weight excluding hydrogens is 522 g/mol. The first-order valence-electron chi connectivity index (χ1n) is 10.3. The number of carbonyl (C=O) groups excluding carboxylic acids is 2. The molecule has 0 saturated carbocycles. The Bertz CT molecular complexity index is 1240. The van der Waals surface area contributed by atoms with Gasteiger partial charge in [0.2, 0.25) is 5.91 Å². The third-order valence-electron chi connectivity index (χ3n) is 5.13. The number of hydrogen-bond acceptors (Lipinski definition) is 5. The molecule has 170 valence electrons. The number of hydrogen-bond donors (Lipinski definition) is 1. The first-order valence-corrected chi connectivity index (χ1v) is 12.4. The molecule has 6 nitrogen and oxygen atoms in total. The summed E-state index contributed by atoms with van der Waals surface area (Å²) in [6.07, 6.45) is 4.51. The SMILES string of the molecule is COCCCNC(=O)Cn1cc(/C=C2\SC(=S)N(c3ccccc3)C2=O)c2cc(Br)ccc21. The minimum Gasteiger partial charge on any atom is -0.385 e. The lowest BCUT2D eigenvalue weighted by molar-refractivity contribution is -0.121. The molecule has 3 aromatic rings. The van der Waals surface area contributed by atoms with Gasteiger partial charge in [0.15, 0.2) is 4.32 Å². The molecule has 1 N–H and O–H groups in total. The number of para-hydroxylation sites is 1. The Morgan fingerprint density at radius 2 is 2.03 bits per heavy atom. The van der Waals surface area contributed by atoms with Gasteiger partial charge in [-0.25, -0.2) is 0 Å². The monoisotopic (exact) mass is 543 g/mol. The Hall–Kier alpha value is -2.46. The van der Waals surface area contributed by atoms with E-state index in [1.807, 2.05) is 65.4 Å². The summed E-state index contributed by atoms with van der Waals surface area (Å²) in [5.41, 5.74) is 2.51. The van der Waals surface area contributed by atoms with Crippen molar-refractivity contribution in [2.75, 3.05) is 25.2 Å². The number of rotatable bonds is 8. The van der Waals surface area contributed by atoms with E-state index in [1.54, 1.807) is 12.0 Å². The summed E-state index contributed by atoms with van der Waals surface area (Å²) < 4.78 is 8.34. The molecule has 1 aliphatic rings. The van der Waals surface area contributed by atoms with Gasteiger partial charge in [-0.3, -0.25) is 14.5 Å². The molecule has 0 unspecified atom stereocenters. The fraction of sp³-hybridized carbons (Fsp3) is 0.208. The predicted molar refractivity (Wildman–Crippen MR) is 141 cm³/mol. The third-order valence-corrected chi connectivity index (χ3v) is 6.93. The standard InChI is InChI=1S/C24H22BrN3O3S2/c1-31-11-5-10-26-22(29)15-27-14-16(19-13-17(25)8-9-20(19)27)12-21-23(30)28(24(32)33-21)18-6-3-2-4-7-18/h2-4,6-9,12-14H,5,10-11,15H2,1H3,(H,26,29)/b21-12-. The van der Waals surface area contributed by atoms with E-state index in [9.17, 15) is 9.59 Å². The maximum Gasteiger partial charge on any atom is 0.270 e. The molecule has 2 amide bonds. The Morgan fingerprint density at radius 3 is 2.79 bits per heavy atom. The lowest BCUT2D eigenvalue weighted by atomic mass is 10.1. The Balaban J connectivity index is 1.62. The van der Waals surface area contributed by atoms with Crippen molar-refractivity contribution in [1.29, 1.82) is 0 Å². The molecule has 0 aliphatic carbocycles. The van der Waals surface area contributed by atoms with Crippen molar-refractivity contribution in [3.63, 3.8) is 0 Å². The van der Waals surface area contributed by atoms with Crippen LogP contribution in [0.25, 0.3) is 17.0 Å². The van der Waals surface area contributed by atoms with Crippen molar-refractivity contribution in [1.82, 2.24) is 9.88 Å². The fourth-order valence-electron chi connectivity index (χ4n) is 3.61. The molecule has 2 aromatic carbocycles. The van der Waals surface area contributed by atoms with Crippen molar-refractivity contribution in [3.8, 4) is 0 Å². The molecule has 1 fully saturated rings. The predicted octanol–water partition coefficient (Wildman–Crippen LogP) is 4.96. The van der Waals surface area contributed by atoms with Crippen molar-refractivity contribution >= 4 is 78.7 Å². The topological polar surface area (TPSA) is 63.6 Å². The number of nitrogens with one attached hydrogen (secondary N) is 1. The summed E-state index contributed by atoms with van der Waals surface area (Å²) in [4.78, 5) is 27.7. The van der Waals surface area contributed by atoms with Gasteiger partial charge in [0.25, 0.3) is 5.91 Å². The van der Waals surface area contributed by atoms with Gasteiger partial charge >= 0.3 is 0 Å². The quantitative estimate of drug-likeness (QED) is 0.247. The smallest absolute Gasteiger partial charge is 0.270 e. The number of ether oxygens (including phenoxy) is 1. The Morgan fingerprint density at radius 1 is 1.24 bits per heavy atom. The number of thioether (sulfide) groups is 1. The van der Waals surface area contributed by atoms with Crippen LogP contribution >= 0.6 is 39.9 Å². The summed E-state index contributed by atoms with van der Waals surface area (Å²) in [7, 11) is 1.64. The second-order valence-electron chi connectivity index (χ2n) is 7.42. The van der Waals surface area contributed by atoms with Crippen LogP contribution < -0.4 is 10.2 Å². The van der Waals surface area contributed by atoms with Crippen LogP contribution in [0.2, 0.25) is 0 Å². The molecule has 1 aliphatic heterocycles. The van der Waals surface area contributed by atoms with Crippen molar-refractivity contribution < 1.29 is 14.3 Å². The second-order valence-corrected chi connectivity index (χ2v) is 10.0. The Kier molecular flexibility index (Phi) is 7.64. The first-order chi connectivity index (χ1) is 16.0. The van der Waals surface area contributed by atoms with Crippen LogP contribution in [0.1, 0.15) is 12.0 Å². The van der Waals surface area contributed by atoms with E-state index in [1.165, 1.54) is 11.8 Å². The van der Waals surface area contributed by atoms with Gasteiger partial charge in [-0.05, 0) is 42.8 Å². The molecule has 0 spiro atoms. The van der Waals surface area contributed by atoms with E-state index in [2.05, 4.69) is 21.2 Å². The number of aromatic nitrogens is 1. The maximum atomic E-state index is 13.1. The average molecular weight is 544 g/mol. The van der Waals surface area contributed by atoms with Gasteiger partial charge < -0.3 is 14.6 Å². The first kappa shape index (κ1) is 23.7. The summed E-state index contributed by atoms with van der Waals surface area (Å²) in [5, 5.41) is 3.86. The zero-order chi connectivity index (χ0) is 23.4. The number of benzene rings is 2. The van der Waals surface area contributed by atoms with Gasteiger partial charge in [-0.2, -0.15) is 0 Å². The molecule has 2 heterocycles. The lowest BCUT2D eigenvalue weighted by Gasteiger charge is -2.13. The summed E-state index contributed by atoms with van der Waals surface area (Å²) in [5.74, 6) is -0.226. The number of halogens is 1. The van der Waals surface area contributed by atoms with Crippen molar-refractivity contribution in [2.45, 2.75) is 13.0 Å². The molecule has 9 heteroatoms. The molecule has 33 heavy (non-hydrogen) atoms. The minimum absolute atomic E-state index is 0.0760. The fourth-order valence-corrected chi connectivity index (χ4v) is 5.26. The van der Waals surface area contributed by atoms with Gasteiger partial charge in [-0.15, -0.1) is 0 Å². The minimum atomic E-state index is -0.150. The summed E-state index contributed by atoms with van der Waals surface area (Å²) in [6.45, 7) is 1.35. The third kappa shape index (κ3) is 5.38. The van der Waals surface area contributed by atoms with Crippen LogP contribution in [-0.2, 0) is 20.9 Å². The van der Waals surface area contributed by atoms with Crippen molar-refractivity contribution in [3.05, 3.63) is 69.7 Å². The second kappa shape index (κ2) is 10.6. The largest absolute Gasteiger partial charge is 0.385 e. The maximum absolute atomic E-state index is 13.1. The van der Waals surface area contributed by atoms with Crippen LogP contribution in [0.4, 0.5) is 5.69 Å². The number of methoxy groups -OCH3 is 1. The van der Waals surface area contributed by atoms with E-state index in [4.69, 9.17) is 17.0 Å². The van der Waals surface area contributed by atoms with E-state index in [0.717, 1.165) is 33.0 Å². The number of thiocarbonyl (C=S) groups is 1. The van der Waals surface area contributed by atoms with Crippen LogP contribution in [0.5, 0.6) is 0 Å². The van der Waals surface area contributed by atoms with Crippen LogP contribution in [0, 0.1) is 0 Å². The highest BCUT2D eigenvalue weighted by Crippen LogP contribution is 2.37. The molecule has 1 aromatic heterocycles. The highest BCUT2D eigenvalue weighted by molar-refractivity contribution is 9.10. The zero-order valence-electron chi connectivity index (χ0n) is 17.9. The van der Waals surface area contributed by atoms with E-state index >= 15 is 0 Å². The van der Waals surface area contributed by atoms with Gasteiger partial charge in [0.1, 0.15) is 6.54 Å². The van der Waals surface area contributed by atoms with Crippen LogP contribution in [0.3, 0.4) is 0 Å². The number of nitrogens with zero attached hydrogens (tertiary/aromatic N) is 2. The van der Waals surface area contributed by atoms with Crippen molar-refractivity contribution in [2.24, 2.45) is 0 Å². The average Bonchev–Trinajstić information content (AvgIpc) is 3.27. The van der Waals surface area contributed by atoms with E-state index in [0.29, 0.717) is 22.4 Å². The summed E-state index contributed by atoms with van der Waals surface area (Å²) in [6, 6.07) is 15.3. The molecule has 4 rings (SSSR count). The zero-order valence-corrected chi connectivity index (χ0v) is 21.1. The van der Waals surface area contributed by atoms with E-state index < -0.39 is 0 Å². The number of fused-ring (bicyclic) bond motifs is 1. The van der Waals surface area contributed by atoms with Gasteiger partial charge in [0.05, 0.1) is 10.6 Å². The highest BCUT2D eigenvalue weighted by atomic mass is 79.9. The molecular formula is C24H22BrN3O3S2. The van der Waals surface area contributed by atoms with Crippen LogP contribution in [0.15, 0.2) is 64.1 Å². The molecule has 0 radical (unpaired) electrons. The molecule has 1 saturated heterocycles. The summed E-state index contributed by atoms with van der Waals surface area (Å²) >= 11 is 10.3. The number of amides is 2. The van der Waals surface area contributed by atoms with Gasteiger partial charge in [0, 0.05) is 47.4 Å². The number of carbonyl (C=O) groups is 2. The van der Waals surface area contributed by atoms with Crippen LogP contribution in [-0.4, -0.2) is 41.0 Å². The number of anilines is 1.